The first-order valence-corrected chi connectivity index (χ1v) is 8.03. The number of carbonyl (C=O) groups is 1. The minimum Gasteiger partial charge on any atom is -0.393 e. The van der Waals surface area contributed by atoms with Gasteiger partial charge in [-0.15, -0.1) is 0 Å². The zero-order valence-electron chi connectivity index (χ0n) is 13.5. The molecule has 1 aliphatic rings. The van der Waals surface area contributed by atoms with E-state index < -0.39 is 0 Å². The van der Waals surface area contributed by atoms with Crippen molar-refractivity contribution < 1.29 is 9.90 Å². The molecule has 3 rings (SSSR count). The van der Waals surface area contributed by atoms with Gasteiger partial charge >= 0.3 is 0 Å². The maximum atomic E-state index is 12.8. The van der Waals surface area contributed by atoms with Crippen LogP contribution < -0.4 is 0 Å². The Bertz CT molecular complexity index is 702. The molecule has 0 saturated carbocycles. The normalized spacial score (nSPS) is 20.4. The third kappa shape index (κ3) is 2.63. The smallest absolute Gasteiger partial charge is 0.253 e. The van der Waals surface area contributed by atoms with Crippen LogP contribution in [0.1, 0.15) is 41.4 Å². The molecule has 4 nitrogen and oxygen atoms in total. The average Bonchev–Trinajstić information content (AvgIpc) is 2.81. The Morgan fingerprint density at radius 2 is 2.18 bits per heavy atom. The zero-order valence-corrected chi connectivity index (χ0v) is 13.5. The number of aliphatic hydroxyl groups is 1. The number of carbonyl (C=O) groups excluding carboxylic acids is 1. The molecule has 1 aromatic carbocycles. The number of benzene rings is 1. The number of aromatic amines is 1. The number of nitrogens with zero attached hydrogens (tertiary/aromatic N) is 1. The van der Waals surface area contributed by atoms with Crippen LogP contribution in [0.25, 0.3) is 10.9 Å². The van der Waals surface area contributed by atoms with E-state index in [1.165, 1.54) is 5.56 Å². The average molecular weight is 300 g/mol. The number of aliphatic hydroxyl groups excluding tert-OH is 1. The maximum absolute atomic E-state index is 12.8. The van der Waals surface area contributed by atoms with Crippen molar-refractivity contribution in [3.63, 3.8) is 0 Å². The van der Waals surface area contributed by atoms with E-state index in [4.69, 9.17) is 0 Å². The summed E-state index contributed by atoms with van der Waals surface area (Å²) in [5.41, 5.74) is 4.16. The first-order valence-electron chi connectivity index (χ1n) is 8.03. The van der Waals surface area contributed by atoms with Crippen molar-refractivity contribution in [2.24, 2.45) is 5.92 Å². The van der Waals surface area contributed by atoms with Crippen molar-refractivity contribution in [1.29, 1.82) is 0 Å². The number of fused-ring (bicyclic) bond motifs is 1. The molecule has 2 aromatic rings. The van der Waals surface area contributed by atoms with Crippen molar-refractivity contribution in [1.82, 2.24) is 9.88 Å². The molecular weight excluding hydrogens is 276 g/mol. The number of hydrogen-bond donors (Lipinski definition) is 2. The molecule has 1 saturated heterocycles. The molecule has 2 atom stereocenters. The number of amides is 1. The third-order valence-corrected chi connectivity index (χ3v) is 4.98. The van der Waals surface area contributed by atoms with Gasteiger partial charge in [0.1, 0.15) is 0 Å². The van der Waals surface area contributed by atoms with Gasteiger partial charge < -0.3 is 15.0 Å². The number of piperidine rings is 1. The molecule has 0 spiro atoms. The summed E-state index contributed by atoms with van der Waals surface area (Å²) in [6.07, 6.45) is 1.61. The van der Waals surface area contributed by atoms with E-state index in [2.05, 4.69) is 18.8 Å². The second kappa shape index (κ2) is 5.76. The lowest BCUT2D eigenvalue weighted by Crippen LogP contribution is -2.42. The van der Waals surface area contributed by atoms with E-state index in [1.807, 2.05) is 30.0 Å². The highest BCUT2D eigenvalue weighted by Gasteiger charge is 2.27. The molecule has 2 heterocycles. The quantitative estimate of drug-likeness (QED) is 0.895. The summed E-state index contributed by atoms with van der Waals surface area (Å²) in [6, 6.07) is 5.87. The van der Waals surface area contributed by atoms with Gasteiger partial charge in [0.15, 0.2) is 0 Å². The fourth-order valence-electron chi connectivity index (χ4n) is 3.37. The van der Waals surface area contributed by atoms with Crippen molar-refractivity contribution in [2.75, 3.05) is 13.1 Å². The van der Waals surface area contributed by atoms with E-state index in [0.717, 1.165) is 41.5 Å². The minimum atomic E-state index is -0.354. The van der Waals surface area contributed by atoms with E-state index in [0.29, 0.717) is 6.54 Å². The molecule has 2 unspecified atom stereocenters. The van der Waals surface area contributed by atoms with Crippen LogP contribution in [0.5, 0.6) is 0 Å². The fraction of sp³-hybridized carbons (Fsp3) is 0.500. The van der Waals surface area contributed by atoms with Gasteiger partial charge in [-0.05, 0) is 57.4 Å². The molecule has 4 heteroatoms. The zero-order chi connectivity index (χ0) is 15.9. The molecule has 118 valence electrons. The van der Waals surface area contributed by atoms with Crippen LogP contribution >= 0.6 is 0 Å². The fourth-order valence-corrected chi connectivity index (χ4v) is 3.37. The minimum absolute atomic E-state index is 0.0745. The lowest BCUT2D eigenvalue weighted by atomic mass is 9.93. The van der Waals surface area contributed by atoms with Crippen molar-refractivity contribution in [3.8, 4) is 0 Å². The number of nitrogens with one attached hydrogen (secondary N) is 1. The van der Waals surface area contributed by atoms with Gasteiger partial charge in [-0.2, -0.15) is 0 Å². The first kappa shape index (κ1) is 15.1. The van der Waals surface area contributed by atoms with Gasteiger partial charge in [-0.3, -0.25) is 4.79 Å². The number of aryl methyl sites for hydroxylation is 2. The summed E-state index contributed by atoms with van der Waals surface area (Å²) in [5.74, 6) is 0.267. The molecule has 2 N–H and O–H groups in total. The SMILES string of the molecule is Cc1[nH]c2ccc(C(=O)N3CCCC(C(C)O)C3)cc2c1C. The molecule has 1 aliphatic heterocycles. The number of likely N-dealkylation sites (tertiary alicyclic amines) is 1. The monoisotopic (exact) mass is 300 g/mol. The molecule has 22 heavy (non-hydrogen) atoms. The standard InChI is InChI=1S/C18H24N2O2/c1-11-12(2)19-17-7-6-14(9-16(11)17)18(22)20-8-4-5-15(10-20)13(3)21/h6-7,9,13,15,19,21H,4-5,8,10H2,1-3H3. The number of aromatic nitrogens is 1. The Labute approximate surface area is 131 Å². The molecule has 0 bridgehead atoms. The van der Waals surface area contributed by atoms with Crippen molar-refractivity contribution in [2.45, 2.75) is 39.7 Å². The highest BCUT2D eigenvalue weighted by molar-refractivity contribution is 5.99. The van der Waals surface area contributed by atoms with E-state index >= 15 is 0 Å². The van der Waals surface area contributed by atoms with E-state index in [-0.39, 0.29) is 17.9 Å². The van der Waals surface area contributed by atoms with Crippen LogP contribution in [-0.2, 0) is 0 Å². The van der Waals surface area contributed by atoms with Crippen LogP contribution in [0.2, 0.25) is 0 Å². The van der Waals surface area contributed by atoms with Gasteiger partial charge in [0.2, 0.25) is 0 Å². The van der Waals surface area contributed by atoms with E-state index in [9.17, 15) is 9.90 Å². The summed E-state index contributed by atoms with van der Waals surface area (Å²) in [6.45, 7) is 7.38. The summed E-state index contributed by atoms with van der Waals surface area (Å²) in [5, 5.41) is 10.9. The predicted octanol–water partition coefficient (Wildman–Crippen LogP) is 3.02. The Morgan fingerprint density at radius 1 is 1.41 bits per heavy atom. The van der Waals surface area contributed by atoms with Crippen LogP contribution in [-0.4, -0.2) is 40.1 Å². The molecule has 1 amide bonds. The van der Waals surface area contributed by atoms with Crippen LogP contribution in [0.3, 0.4) is 0 Å². The Balaban J connectivity index is 1.87. The van der Waals surface area contributed by atoms with Gasteiger partial charge in [0.05, 0.1) is 6.10 Å². The third-order valence-electron chi connectivity index (χ3n) is 4.98. The summed E-state index contributed by atoms with van der Waals surface area (Å²) in [7, 11) is 0. The van der Waals surface area contributed by atoms with Gasteiger partial charge in [-0.25, -0.2) is 0 Å². The molecule has 1 aromatic heterocycles. The van der Waals surface area contributed by atoms with Crippen LogP contribution in [0, 0.1) is 19.8 Å². The summed E-state index contributed by atoms with van der Waals surface area (Å²) >= 11 is 0. The van der Waals surface area contributed by atoms with Gasteiger partial charge in [0.25, 0.3) is 5.91 Å². The molecule has 1 fully saturated rings. The lowest BCUT2D eigenvalue weighted by Gasteiger charge is -2.34. The van der Waals surface area contributed by atoms with Crippen LogP contribution in [0.4, 0.5) is 0 Å². The Hall–Kier alpha value is -1.81. The molecule has 0 aliphatic carbocycles. The van der Waals surface area contributed by atoms with Crippen molar-refractivity contribution >= 4 is 16.8 Å². The molecule has 0 radical (unpaired) electrons. The van der Waals surface area contributed by atoms with Crippen LogP contribution in [0.15, 0.2) is 18.2 Å². The molecular formula is C18H24N2O2. The van der Waals surface area contributed by atoms with Crippen molar-refractivity contribution in [3.05, 3.63) is 35.0 Å². The lowest BCUT2D eigenvalue weighted by molar-refractivity contribution is 0.0466. The summed E-state index contributed by atoms with van der Waals surface area (Å²) < 4.78 is 0. The number of hydrogen-bond acceptors (Lipinski definition) is 2. The van der Waals surface area contributed by atoms with Gasteiger partial charge in [-0.1, -0.05) is 0 Å². The predicted molar refractivity (Wildman–Crippen MR) is 88.1 cm³/mol. The summed E-state index contributed by atoms with van der Waals surface area (Å²) in [4.78, 5) is 18.0. The highest BCUT2D eigenvalue weighted by atomic mass is 16.3. The highest BCUT2D eigenvalue weighted by Crippen LogP contribution is 2.25. The second-order valence-electron chi connectivity index (χ2n) is 6.53. The maximum Gasteiger partial charge on any atom is 0.253 e. The van der Waals surface area contributed by atoms with E-state index in [1.54, 1.807) is 0 Å². The second-order valence-corrected chi connectivity index (χ2v) is 6.53. The number of rotatable bonds is 2. The van der Waals surface area contributed by atoms with Gasteiger partial charge in [0, 0.05) is 41.2 Å². The Kier molecular flexibility index (Phi) is 3.96. The number of H-pyrrole nitrogens is 1. The topological polar surface area (TPSA) is 56.3 Å². The largest absolute Gasteiger partial charge is 0.393 e. The first-order chi connectivity index (χ1) is 10.5. The Morgan fingerprint density at radius 3 is 2.91 bits per heavy atom.